The third kappa shape index (κ3) is 54.3. The summed E-state index contributed by atoms with van der Waals surface area (Å²) >= 11 is 0. The highest BCUT2D eigenvalue weighted by Gasteiger charge is 2.51. The molecule has 124 heavy (non-hydrogen) atoms. The van der Waals surface area contributed by atoms with Crippen LogP contribution in [-0.2, 0) is 57.4 Å². The van der Waals surface area contributed by atoms with E-state index in [2.05, 4.69) is 180 Å². The van der Waals surface area contributed by atoms with Crippen LogP contribution in [0.15, 0.2) is 0 Å². The maximum Gasteiger partial charge on any atom is 0.233 e. The molecule has 754 valence electrons. The highest BCUT2D eigenvalue weighted by molar-refractivity contribution is 6.08. The Morgan fingerprint density at radius 2 is 0.476 bits per heavy atom. The summed E-state index contributed by atoms with van der Waals surface area (Å²) in [6.07, 6.45) is 11.5. The van der Waals surface area contributed by atoms with Crippen LogP contribution in [0.3, 0.4) is 0 Å². The van der Waals surface area contributed by atoms with Gasteiger partial charge in [0.2, 0.25) is 59.1 Å². The van der Waals surface area contributed by atoms with Crippen molar-refractivity contribution >= 4 is 59.1 Å². The van der Waals surface area contributed by atoms with E-state index < -0.39 is 0 Å². The van der Waals surface area contributed by atoms with Crippen LogP contribution < -0.4 is 0 Å². The highest BCUT2D eigenvalue weighted by Crippen LogP contribution is 2.36. The molecule has 0 bridgehead atoms. The smallest absolute Gasteiger partial charge is 0.233 e. The number of ether oxygens (including phenoxy) is 2. The Kier molecular flexibility index (Phi) is 84.0. The molecule has 5 aliphatic rings. The van der Waals surface area contributed by atoms with Crippen LogP contribution in [0.4, 0.5) is 0 Å². The van der Waals surface area contributed by atoms with Crippen LogP contribution in [0.25, 0.3) is 0 Å². The molecule has 0 aromatic rings. The van der Waals surface area contributed by atoms with Crippen LogP contribution in [-0.4, -0.2) is 136 Å². The summed E-state index contributed by atoms with van der Waals surface area (Å²) in [4.78, 5) is 123. The minimum absolute atomic E-state index is 0. The predicted octanol–water partition coefficient (Wildman–Crippen LogP) is 30.1. The Hall–Kier alpha value is -4.38. The average Bonchev–Trinajstić information content (AvgIpc) is 1.66. The lowest BCUT2D eigenvalue weighted by atomic mass is 9.79. The molecule has 15 unspecified atom stereocenters. The number of rotatable bonds is 18. The molecule has 5 aliphatic heterocycles. The van der Waals surface area contributed by atoms with E-state index in [1.165, 1.54) is 63.0 Å². The summed E-state index contributed by atoms with van der Waals surface area (Å²) in [6.45, 7) is 103. The van der Waals surface area contributed by atoms with Gasteiger partial charge in [-0.2, -0.15) is 0 Å². The van der Waals surface area contributed by atoms with Crippen LogP contribution in [0.5, 0.6) is 0 Å². The van der Waals surface area contributed by atoms with Crippen LogP contribution in [0, 0.1) is 118 Å². The van der Waals surface area contributed by atoms with Gasteiger partial charge in [-0.3, -0.25) is 72.4 Å². The van der Waals surface area contributed by atoms with E-state index in [1.807, 2.05) is 166 Å². The van der Waals surface area contributed by atoms with Crippen molar-refractivity contribution in [3.05, 3.63) is 0 Å². The van der Waals surface area contributed by atoms with Crippen LogP contribution in [0.2, 0.25) is 0 Å². The van der Waals surface area contributed by atoms with Crippen molar-refractivity contribution in [3.8, 4) is 0 Å². The first-order chi connectivity index (χ1) is 51.1. The topological polar surface area (TPSA) is 205 Å². The summed E-state index contributed by atoms with van der Waals surface area (Å²) in [5.74, 6) is 5.55. The molecule has 5 rings (SSSR count). The lowest BCUT2D eigenvalue weighted by Gasteiger charge is -2.30. The van der Waals surface area contributed by atoms with Gasteiger partial charge in [0.05, 0.1) is 23.9 Å². The first kappa shape index (κ1) is 154. The van der Waals surface area contributed by atoms with Gasteiger partial charge in [0.1, 0.15) is 0 Å². The van der Waals surface area contributed by atoms with Crippen molar-refractivity contribution in [1.82, 2.24) is 24.5 Å². The lowest BCUT2D eigenvalue weighted by molar-refractivity contribution is -0.146. The molecule has 0 aromatic heterocycles. The fraction of sp³-hybridized carbons (Fsp3) is 0.907. The monoisotopic (exact) mass is 1780 g/mol. The first-order valence-corrected chi connectivity index (χ1v) is 44.8. The maximum atomic E-state index is 11.7. The van der Waals surface area contributed by atoms with E-state index in [0.29, 0.717) is 35.6 Å². The van der Waals surface area contributed by atoms with Gasteiger partial charge < -0.3 is 9.47 Å². The standard InChI is InChI=1S/C12H26.C11H24O.4C10H17NO2.C9H15NO2.C9H20.C8H18O.C8H18.10CH4/c1-7-11(6)8-12(9(2)3)10(4)5;1-7-10(6)12-11(8(2)3)9(4)5;4*1-6-7(2)9(13)11(8(6)12)10(3,4)5;1-5(2)10-8(11)6(3)7(4)9(10)12;1-6-8(2)7-9(3,4)5;1-6-7(2)9-8(3,4)5;1-5-8(4)6-7(2)3;;;;;;;;;;/h9-12H,7-8H2,1-6H3;8-11H,7H2,1-6H3;4*6-7H,1-5H3;5-7H,1-4H3;8H,6-7H2,1-5H3;7H,6H2,1-5H3;7-8H,5-6H2,1-4H3;10*1H4. The number of likely N-dealkylation sites (tertiary alicyclic amines) is 5. The van der Waals surface area contributed by atoms with Crippen molar-refractivity contribution in [3.63, 3.8) is 0 Å². The van der Waals surface area contributed by atoms with Gasteiger partial charge in [-0.05, 0) is 222 Å². The van der Waals surface area contributed by atoms with Gasteiger partial charge in [-0.15, -0.1) is 0 Å². The largest absolute Gasteiger partial charge is 0.375 e. The van der Waals surface area contributed by atoms with E-state index >= 15 is 0 Å². The molecule has 0 aromatic carbocycles. The number of carbonyl (C=O) groups is 10. The number of hydrogen-bond donors (Lipinski definition) is 0. The van der Waals surface area contributed by atoms with Gasteiger partial charge in [0.25, 0.3) is 0 Å². The number of carbonyl (C=O) groups excluding carboxylic acids is 10. The number of imide groups is 5. The maximum absolute atomic E-state index is 11.7. The van der Waals surface area contributed by atoms with Crippen molar-refractivity contribution in [2.24, 2.45) is 118 Å². The molecule has 0 aliphatic carbocycles. The van der Waals surface area contributed by atoms with Crippen molar-refractivity contribution in [2.45, 2.75) is 524 Å². The molecule has 17 heteroatoms. The molecule has 0 spiro atoms. The molecule has 17 nitrogen and oxygen atoms in total. The predicted molar refractivity (Wildman–Crippen MR) is 547 cm³/mol. The molecule has 10 amide bonds. The zero-order valence-electron chi connectivity index (χ0n) is 84.1. The summed E-state index contributed by atoms with van der Waals surface area (Å²) in [5.41, 5.74) is -0.981. The fourth-order valence-corrected chi connectivity index (χ4v) is 14.1. The number of amides is 10. The summed E-state index contributed by atoms with van der Waals surface area (Å²) < 4.78 is 11.5. The second kappa shape index (κ2) is 67.8. The molecule has 15 atom stereocenters. The Morgan fingerprint density at radius 3 is 0.581 bits per heavy atom. The van der Waals surface area contributed by atoms with Crippen molar-refractivity contribution in [1.29, 1.82) is 0 Å². The van der Waals surface area contributed by atoms with E-state index in [-0.39, 0.29) is 226 Å². The zero-order valence-corrected chi connectivity index (χ0v) is 84.1. The van der Waals surface area contributed by atoms with Gasteiger partial charge in [0.15, 0.2) is 0 Å². The van der Waals surface area contributed by atoms with E-state index in [0.717, 1.165) is 54.3 Å². The van der Waals surface area contributed by atoms with Gasteiger partial charge in [-0.25, -0.2) is 0 Å². The quantitative estimate of drug-likeness (QED) is 0.118. The third-order valence-electron chi connectivity index (χ3n) is 22.8. The van der Waals surface area contributed by atoms with E-state index in [9.17, 15) is 47.9 Å². The van der Waals surface area contributed by atoms with Crippen molar-refractivity contribution < 1.29 is 57.4 Å². The summed E-state index contributed by atoms with van der Waals surface area (Å²) in [5, 5.41) is 0. The molecule has 0 N–H and O–H groups in total. The Morgan fingerprint density at radius 1 is 0.274 bits per heavy atom. The zero-order chi connectivity index (χ0) is 92.0. The second-order valence-electron chi connectivity index (χ2n) is 42.8. The number of nitrogens with zero attached hydrogens (tertiary/aromatic N) is 5. The molecule has 5 heterocycles. The molecule has 5 saturated heterocycles. The summed E-state index contributed by atoms with van der Waals surface area (Å²) in [7, 11) is 0. The van der Waals surface area contributed by atoms with E-state index in [1.54, 1.807) is 0 Å². The Balaban J connectivity index is -0.0000000815. The SMILES string of the molecule is C.C.C.C.C.C.C.C.C.C.CC1C(=O)N(C(C)(C)C)C(=O)C1C.CC1C(=O)N(C(C)(C)C)C(=O)C1C.CC1C(=O)N(C(C)(C)C)C(=O)C1C.CC1C(=O)N(C(C)(C)C)C(=O)C1C.CC1C(=O)N(C(C)C)C(=O)C1C.CCC(C)CC(C(C)C)C(C)C.CCC(C)CC(C)(C)C.CCC(C)CC(C)C.CCC(C)OC(C(C)C)C(C)C.CCC(C)OC(C)(C)C. The summed E-state index contributed by atoms with van der Waals surface area (Å²) in [6, 6.07) is -0.00241. The van der Waals surface area contributed by atoms with Gasteiger partial charge >= 0.3 is 0 Å². The van der Waals surface area contributed by atoms with Gasteiger partial charge in [0, 0.05) is 87.4 Å². The second-order valence-corrected chi connectivity index (χ2v) is 42.8. The lowest BCUT2D eigenvalue weighted by Crippen LogP contribution is -2.45. The minimum atomic E-state index is -0.382. The minimum Gasteiger partial charge on any atom is -0.375 e. The third-order valence-corrected chi connectivity index (χ3v) is 22.8. The Labute approximate surface area is 778 Å². The highest BCUT2D eigenvalue weighted by atomic mass is 16.5. The molecule has 0 radical (unpaired) electrons. The Bertz CT molecular complexity index is 2470. The normalized spacial score (nSPS) is 21.6. The van der Waals surface area contributed by atoms with Gasteiger partial charge in [-0.1, -0.05) is 308 Å². The molecule has 5 fully saturated rings. The first-order valence-electron chi connectivity index (χ1n) is 44.8. The molecular weight excluding hydrogens is 1550 g/mol. The average molecular weight is 1780 g/mol. The fourth-order valence-electron chi connectivity index (χ4n) is 14.1. The van der Waals surface area contributed by atoms with Crippen LogP contribution in [0.1, 0.15) is 472 Å². The number of hydrogen-bond acceptors (Lipinski definition) is 12. The molecular formula is C107H229N5O12. The van der Waals surface area contributed by atoms with Crippen LogP contribution >= 0.6 is 0 Å². The van der Waals surface area contributed by atoms with Crippen molar-refractivity contribution in [2.75, 3.05) is 0 Å². The molecule has 0 saturated carbocycles. The van der Waals surface area contributed by atoms with E-state index in [4.69, 9.17) is 9.47 Å².